The Morgan fingerprint density at radius 1 is 1.25 bits per heavy atom. The van der Waals surface area contributed by atoms with E-state index in [1.54, 1.807) is 5.57 Å². The molecule has 0 nitrogen and oxygen atoms in total. The van der Waals surface area contributed by atoms with Crippen molar-refractivity contribution in [2.24, 2.45) is 0 Å². The van der Waals surface area contributed by atoms with Crippen LogP contribution >= 0.6 is 0 Å². The number of hydrogen-bond acceptors (Lipinski definition) is 0. The highest BCUT2D eigenvalue weighted by Crippen LogP contribution is 2.33. The van der Waals surface area contributed by atoms with Crippen molar-refractivity contribution in [3.8, 4) is 0 Å². The second-order valence-corrected chi connectivity index (χ2v) is 4.57. The van der Waals surface area contributed by atoms with Crippen molar-refractivity contribution >= 4 is 0 Å². The van der Waals surface area contributed by atoms with E-state index in [-0.39, 0.29) is 0 Å². The third-order valence-corrected chi connectivity index (χ3v) is 3.45. The van der Waals surface area contributed by atoms with Crippen LogP contribution < -0.4 is 0 Å². The number of hydrogen-bond donors (Lipinski definition) is 0. The SMILES string of the molecule is C=CCCC1=CCC(c2ccccc2)CC1. The van der Waals surface area contributed by atoms with Crippen molar-refractivity contribution < 1.29 is 0 Å². The fraction of sp³-hybridized carbons (Fsp3) is 0.375. The molecule has 1 aliphatic carbocycles. The largest absolute Gasteiger partial charge is 0.103 e. The minimum atomic E-state index is 0.744. The van der Waals surface area contributed by atoms with Gasteiger partial charge in [-0.3, -0.25) is 0 Å². The van der Waals surface area contributed by atoms with Crippen molar-refractivity contribution in [3.05, 3.63) is 60.2 Å². The Balaban J connectivity index is 1.94. The summed E-state index contributed by atoms with van der Waals surface area (Å²) in [5.41, 5.74) is 3.13. The van der Waals surface area contributed by atoms with E-state index in [0.29, 0.717) is 0 Å². The summed E-state index contributed by atoms with van der Waals surface area (Å²) in [5.74, 6) is 0.744. The number of allylic oxidation sites excluding steroid dienone is 3. The summed E-state index contributed by atoms with van der Waals surface area (Å²) < 4.78 is 0. The highest BCUT2D eigenvalue weighted by Gasteiger charge is 2.15. The molecule has 0 aromatic heterocycles. The Hall–Kier alpha value is -1.30. The van der Waals surface area contributed by atoms with Crippen molar-refractivity contribution in [1.29, 1.82) is 0 Å². The minimum Gasteiger partial charge on any atom is -0.103 e. The molecule has 16 heavy (non-hydrogen) atoms. The minimum absolute atomic E-state index is 0.744. The summed E-state index contributed by atoms with van der Waals surface area (Å²) in [5, 5.41) is 0. The van der Waals surface area contributed by atoms with Crippen LogP contribution in [0.15, 0.2) is 54.6 Å². The van der Waals surface area contributed by atoms with Crippen molar-refractivity contribution in [2.45, 2.75) is 38.0 Å². The first kappa shape index (κ1) is 11.2. The predicted octanol–water partition coefficient (Wildman–Crippen LogP) is 4.85. The fourth-order valence-corrected chi connectivity index (χ4v) is 2.43. The Kier molecular flexibility index (Phi) is 3.98. The molecule has 0 saturated heterocycles. The lowest BCUT2D eigenvalue weighted by molar-refractivity contribution is 0.586. The molecule has 0 saturated carbocycles. The van der Waals surface area contributed by atoms with Gasteiger partial charge in [0.05, 0.1) is 0 Å². The van der Waals surface area contributed by atoms with Crippen molar-refractivity contribution in [3.63, 3.8) is 0 Å². The van der Waals surface area contributed by atoms with E-state index in [2.05, 4.69) is 43.0 Å². The summed E-state index contributed by atoms with van der Waals surface area (Å²) >= 11 is 0. The predicted molar refractivity (Wildman–Crippen MR) is 70.5 cm³/mol. The van der Waals surface area contributed by atoms with E-state index in [1.807, 2.05) is 6.08 Å². The maximum absolute atomic E-state index is 3.78. The maximum atomic E-state index is 3.78. The molecule has 1 aliphatic rings. The molecule has 1 atom stereocenters. The van der Waals surface area contributed by atoms with Gasteiger partial charge in [0.25, 0.3) is 0 Å². The normalized spacial score (nSPS) is 20.2. The van der Waals surface area contributed by atoms with Gasteiger partial charge in [-0.15, -0.1) is 6.58 Å². The molecule has 2 rings (SSSR count). The molecular formula is C16H20. The van der Waals surface area contributed by atoms with Gasteiger partial charge >= 0.3 is 0 Å². The van der Waals surface area contributed by atoms with Gasteiger partial charge in [-0.25, -0.2) is 0 Å². The third kappa shape index (κ3) is 2.85. The van der Waals surface area contributed by atoms with Crippen LogP contribution in [0.2, 0.25) is 0 Å². The fourth-order valence-electron chi connectivity index (χ4n) is 2.43. The van der Waals surface area contributed by atoms with Crippen LogP contribution in [0.3, 0.4) is 0 Å². The second-order valence-electron chi connectivity index (χ2n) is 4.57. The summed E-state index contributed by atoms with van der Waals surface area (Å²) in [6.45, 7) is 3.78. The van der Waals surface area contributed by atoms with Crippen LogP contribution in [-0.4, -0.2) is 0 Å². The summed E-state index contributed by atoms with van der Waals surface area (Å²) in [6.07, 6.45) is 10.6. The topological polar surface area (TPSA) is 0 Å². The molecule has 1 aromatic carbocycles. The van der Waals surface area contributed by atoms with Gasteiger partial charge in [-0.2, -0.15) is 0 Å². The molecule has 84 valence electrons. The highest BCUT2D eigenvalue weighted by molar-refractivity contribution is 5.23. The van der Waals surface area contributed by atoms with Gasteiger partial charge in [0.2, 0.25) is 0 Å². The first-order valence-electron chi connectivity index (χ1n) is 6.24. The van der Waals surface area contributed by atoms with E-state index >= 15 is 0 Å². The van der Waals surface area contributed by atoms with Crippen LogP contribution in [0.25, 0.3) is 0 Å². The Bertz CT molecular complexity index is 359. The molecule has 0 radical (unpaired) electrons. The van der Waals surface area contributed by atoms with E-state index < -0.39 is 0 Å². The summed E-state index contributed by atoms with van der Waals surface area (Å²) in [4.78, 5) is 0. The number of rotatable bonds is 4. The Morgan fingerprint density at radius 3 is 2.69 bits per heavy atom. The van der Waals surface area contributed by atoms with Gasteiger partial charge in [0, 0.05) is 0 Å². The van der Waals surface area contributed by atoms with E-state index in [0.717, 1.165) is 12.3 Å². The first-order valence-corrected chi connectivity index (χ1v) is 6.24. The van der Waals surface area contributed by atoms with E-state index in [4.69, 9.17) is 0 Å². The molecular weight excluding hydrogens is 192 g/mol. The molecule has 1 unspecified atom stereocenters. The van der Waals surface area contributed by atoms with Crippen LogP contribution in [0.5, 0.6) is 0 Å². The molecule has 0 spiro atoms. The Labute approximate surface area is 98.7 Å². The Morgan fingerprint density at radius 2 is 2.06 bits per heavy atom. The molecule has 0 fully saturated rings. The maximum Gasteiger partial charge on any atom is -0.0124 e. The van der Waals surface area contributed by atoms with Crippen LogP contribution in [0.4, 0.5) is 0 Å². The zero-order chi connectivity index (χ0) is 11.2. The quantitative estimate of drug-likeness (QED) is 0.626. The van der Waals surface area contributed by atoms with Gasteiger partial charge in [0.1, 0.15) is 0 Å². The molecule has 0 heteroatoms. The summed E-state index contributed by atoms with van der Waals surface area (Å²) in [6, 6.07) is 10.9. The molecule has 0 bridgehead atoms. The standard InChI is InChI=1S/C16H20/c1-2-3-7-14-10-12-16(13-11-14)15-8-5-4-6-9-15/h2,4-6,8-10,16H,1,3,7,11-13H2. The smallest absolute Gasteiger partial charge is 0.0124 e. The molecule has 0 heterocycles. The molecule has 0 amide bonds. The average molecular weight is 212 g/mol. The van der Waals surface area contributed by atoms with Gasteiger partial charge < -0.3 is 0 Å². The van der Waals surface area contributed by atoms with Crippen molar-refractivity contribution in [2.75, 3.05) is 0 Å². The van der Waals surface area contributed by atoms with Crippen LogP contribution in [0.1, 0.15) is 43.6 Å². The zero-order valence-electron chi connectivity index (χ0n) is 9.86. The third-order valence-electron chi connectivity index (χ3n) is 3.45. The zero-order valence-corrected chi connectivity index (χ0v) is 9.86. The highest BCUT2D eigenvalue weighted by atomic mass is 14.2. The lowest BCUT2D eigenvalue weighted by atomic mass is 9.83. The molecule has 0 aliphatic heterocycles. The van der Waals surface area contributed by atoms with Gasteiger partial charge in [-0.1, -0.05) is 48.1 Å². The summed E-state index contributed by atoms with van der Waals surface area (Å²) in [7, 11) is 0. The monoisotopic (exact) mass is 212 g/mol. The average Bonchev–Trinajstić information content (AvgIpc) is 2.38. The first-order chi connectivity index (χ1) is 7.90. The van der Waals surface area contributed by atoms with Crippen LogP contribution in [-0.2, 0) is 0 Å². The molecule has 0 N–H and O–H groups in total. The van der Waals surface area contributed by atoms with E-state index in [9.17, 15) is 0 Å². The lowest BCUT2D eigenvalue weighted by Crippen LogP contribution is -2.04. The lowest BCUT2D eigenvalue weighted by Gasteiger charge is -2.22. The van der Waals surface area contributed by atoms with Gasteiger partial charge in [-0.05, 0) is 43.6 Å². The van der Waals surface area contributed by atoms with E-state index in [1.165, 1.54) is 31.2 Å². The number of benzene rings is 1. The molecule has 1 aromatic rings. The van der Waals surface area contributed by atoms with Crippen molar-refractivity contribution in [1.82, 2.24) is 0 Å². The second kappa shape index (κ2) is 5.69. The van der Waals surface area contributed by atoms with Gasteiger partial charge in [0.15, 0.2) is 0 Å². The van der Waals surface area contributed by atoms with Crippen LogP contribution in [0, 0.1) is 0 Å².